The van der Waals surface area contributed by atoms with Crippen molar-refractivity contribution in [3.05, 3.63) is 63.6 Å². The summed E-state index contributed by atoms with van der Waals surface area (Å²) < 4.78 is 16.9. The van der Waals surface area contributed by atoms with Crippen LogP contribution in [0, 0.1) is 6.92 Å². The Hall–Kier alpha value is -1.96. The highest BCUT2D eigenvalue weighted by Gasteiger charge is 2.15. The van der Waals surface area contributed by atoms with E-state index in [0.29, 0.717) is 9.23 Å². The number of hydrogen-bond acceptors (Lipinski definition) is 4. The summed E-state index contributed by atoms with van der Waals surface area (Å²) in [5.74, 6) is -0.340. The van der Waals surface area contributed by atoms with E-state index in [4.69, 9.17) is 11.6 Å². The number of thiophene rings is 1. The quantitative estimate of drug-likeness (QED) is 0.739. The van der Waals surface area contributed by atoms with Crippen molar-refractivity contribution in [3.63, 3.8) is 0 Å². The third-order valence-electron chi connectivity index (χ3n) is 3.21. The standard InChI is InChI=1S/C16H14ClN3O2S2/c1-11-7-13(20(18-11)12-5-3-2-4-6-12)8-16(21)19-24(22)14-9-15(17)23-10-14/h2-7,9-10H,8H2,1H3,(H,19,21). The Morgan fingerprint density at radius 3 is 2.75 bits per heavy atom. The molecule has 1 unspecified atom stereocenters. The molecule has 1 atom stereocenters. The van der Waals surface area contributed by atoms with Gasteiger partial charge in [-0.3, -0.25) is 9.52 Å². The largest absolute Gasteiger partial charge is 0.274 e. The Bertz CT molecular complexity index is 890. The van der Waals surface area contributed by atoms with Crippen LogP contribution >= 0.6 is 22.9 Å². The SMILES string of the molecule is Cc1cc(CC(=O)NS(=O)c2csc(Cl)c2)n(-c2ccccc2)n1. The second-order valence-electron chi connectivity index (χ2n) is 5.08. The van der Waals surface area contributed by atoms with Crippen molar-refractivity contribution in [2.24, 2.45) is 0 Å². The molecule has 3 rings (SSSR count). The van der Waals surface area contributed by atoms with E-state index in [1.807, 2.05) is 43.3 Å². The first kappa shape index (κ1) is 16.9. The van der Waals surface area contributed by atoms with Crippen molar-refractivity contribution >= 4 is 39.8 Å². The molecule has 0 saturated carbocycles. The molecule has 0 aliphatic rings. The number of hydrogen-bond donors (Lipinski definition) is 1. The van der Waals surface area contributed by atoms with Gasteiger partial charge in [-0.05, 0) is 31.2 Å². The van der Waals surface area contributed by atoms with Crippen LogP contribution in [0.1, 0.15) is 11.4 Å². The minimum Gasteiger partial charge on any atom is -0.274 e. The number of carbonyl (C=O) groups excluding carboxylic acids is 1. The number of rotatable bonds is 5. The second-order valence-corrected chi connectivity index (χ2v) is 7.84. The van der Waals surface area contributed by atoms with Crippen molar-refractivity contribution in [2.75, 3.05) is 0 Å². The minimum atomic E-state index is -1.61. The Kier molecular flexibility index (Phi) is 5.13. The molecule has 1 N–H and O–H groups in total. The van der Waals surface area contributed by atoms with E-state index in [-0.39, 0.29) is 12.3 Å². The molecule has 3 aromatic rings. The summed E-state index contributed by atoms with van der Waals surface area (Å²) in [5, 5.41) is 6.08. The predicted molar refractivity (Wildman–Crippen MR) is 95.9 cm³/mol. The molecule has 2 heterocycles. The first-order valence-electron chi connectivity index (χ1n) is 7.09. The number of para-hydroxylation sites is 1. The van der Waals surface area contributed by atoms with Crippen LogP contribution in [0.15, 0.2) is 52.7 Å². The third-order valence-corrected chi connectivity index (χ3v) is 5.53. The minimum absolute atomic E-state index is 0.0827. The molecular formula is C16H14ClN3O2S2. The highest BCUT2D eigenvalue weighted by atomic mass is 35.5. The average molecular weight is 380 g/mol. The maximum Gasteiger partial charge on any atom is 0.237 e. The fourth-order valence-electron chi connectivity index (χ4n) is 2.23. The lowest BCUT2D eigenvalue weighted by Crippen LogP contribution is -2.27. The molecule has 5 nitrogen and oxygen atoms in total. The van der Waals surface area contributed by atoms with Crippen LogP contribution in [-0.4, -0.2) is 19.9 Å². The monoisotopic (exact) mass is 379 g/mol. The molecular weight excluding hydrogens is 366 g/mol. The molecule has 1 amide bonds. The van der Waals surface area contributed by atoms with E-state index >= 15 is 0 Å². The molecule has 0 bridgehead atoms. The van der Waals surface area contributed by atoms with Gasteiger partial charge in [-0.2, -0.15) is 5.10 Å². The summed E-state index contributed by atoms with van der Waals surface area (Å²) in [5.41, 5.74) is 2.42. The Balaban J connectivity index is 1.74. The van der Waals surface area contributed by atoms with Crippen molar-refractivity contribution in [1.82, 2.24) is 14.5 Å². The highest BCUT2D eigenvalue weighted by molar-refractivity contribution is 7.83. The van der Waals surface area contributed by atoms with Crippen molar-refractivity contribution in [1.29, 1.82) is 0 Å². The van der Waals surface area contributed by atoms with E-state index < -0.39 is 11.0 Å². The molecule has 24 heavy (non-hydrogen) atoms. The smallest absolute Gasteiger partial charge is 0.237 e. The molecule has 0 fully saturated rings. The van der Waals surface area contributed by atoms with Crippen molar-refractivity contribution < 1.29 is 9.00 Å². The van der Waals surface area contributed by atoms with Crippen LogP contribution < -0.4 is 4.72 Å². The van der Waals surface area contributed by atoms with Gasteiger partial charge < -0.3 is 0 Å². The van der Waals surface area contributed by atoms with Crippen LogP contribution in [0.4, 0.5) is 0 Å². The third kappa shape index (κ3) is 3.92. The van der Waals surface area contributed by atoms with Crippen LogP contribution in [0.5, 0.6) is 0 Å². The van der Waals surface area contributed by atoms with Gasteiger partial charge in [-0.15, -0.1) is 11.3 Å². The van der Waals surface area contributed by atoms with Crippen LogP contribution in [0.25, 0.3) is 5.69 Å². The topological polar surface area (TPSA) is 64.0 Å². The summed E-state index contributed by atoms with van der Waals surface area (Å²) in [6, 6.07) is 13.0. The van der Waals surface area contributed by atoms with Crippen molar-refractivity contribution in [2.45, 2.75) is 18.2 Å². The van der Waals surface area contributed by atoms with Gasteiger partial charge >= 0.3 is 0 Å². The molecule has 0 saturated heterocycles. The lowest BCUT2D eigenvalue weighted by molar-refractivity contribution is -0.118. The van der Waals surface area contributed by atoms with E-state index in [0.717, 1.165) is 17.1 Å². The normalized spacial score (nSPS) is 12.1. The molecule has 0 aliphatic heterocycles. The number of nitrogens with zero attached hydrogens (tertiary/aromatic N) is 2. The molecule has 0 spiro atoms. The Morgan fingerprint density at radius 2 is 2.08 bits per heavy atom. The van der Waals surface area contributed by atoms with E-state index in [1.165, 1.54) is 11.3 Å². The number of aromatic nitrogens is 2. The van der Waals surface area contributed by atoms with E-state index in [2.05, 4.69) is 9.82 Å². The number of nitrogens with one attached hydrogen (secondary N) is 1. The maximum absolute atomic E-state index is 12.2. The first-order chi connectivity index (χ1) is 11.5. The molecule has 0 aliphatic carbocycles. The molecule has 8 heteroatoms. The summed E-state index contributed by atoms with van der Waals surface area (Å²) >= 11 is 7.10. The van der Waals surface area contributed by atoms with Crippen LogP contribution in [-0.2, 0) is 22.2 Å². The molecule has 124 valence electrons. The van der Waals surface area contributed by atoms with E-state index in [9.17, 15) is 9.00 Å². The number of halogens is 1. The Labute approximate surface area is 150 Å². The van der Waals surface area contributed by atoms with E-state index in [1.54, 1.807) is 16.1 Å². The number of aryl methyl sites for hydroxylation is 1. The zero-order chi connectivity index (χ0) is 17.1. The summed E-state index contributed by atoms with van der Waals surface area (Å²) in [6.45, 7) is 1.87. The van der Waals surface area contributed by atoms with Gasteiger partial charge in [0.2, 0.25) is 5.91 Å². The first-order valence-corrected chi connectivity index (χ1v) is 9.50. The number of amides is 1. The second kappa shape index (κ2) is 7.29. The highest BCUT2D eigenvalue weighted by Crippen LogP contribution is 2.22. The maximum atomic E-state index is 12.2. The number of benzene rings is 1. The van der Waals surface area contributed by atoms with Crippen LogP contribution in [0.3, 0.4) is 0 Å². The molecule has 0 radical (unpaired) electrons. The summed E-state index contributed by atoms with van der Waals surface area (Å²) in [6.07, 6.45) is 0.0827. The van der Waals surface area contributed by atoms with Crippen molar-refractivity contribution in [3.8, 4) is 5.69 Å². The zero-order valence-corrected chi connectivity index (χ0v) is 15.1. The molecule has 1 aromatic carbocycles. The lowest BCUT2D eigenvalue weighted by atomic mass is 10.2. The van der Waals surface area contributed by atoms with Gasteiger partial charge in [0.15, 0.2) is 11.0 Å². The van der Waals surface area contributed by atoms with Gasteiger partial charge in [-0.1, -0.05) is 29.8 Å². The van der Waals surface area contributed by atoms with Gasteiger partial charge in [0, 0.05) is 5.38 Å². The van der Waals surface area contributed by atoms with Gasteiger partial charge in [0.1, 0.15) is 0 Å². The average Bonchev–Trinajstić information content (AvgIpc) is 3.14. The zero-order valence-electron chi connectivity index (χ0n) is 12.7. The summed E-state index contributed by atoms with van der Waals surface area (Å²) in [4.78, 5) is 12.7. The predicted octanol–water partition coefficient (Wildman–Crippen LogP) is 3.28. The molecule has 2 aromatic heterocycles. The summed E-state index contributed by atoms with van der Waals surface area (Å²) in [7, 11) is -1.61. The number of carbonyl (C=O) groups is 1. The fraction of sp³-hybridized carbons (Fsp3) is 0.125. The van der Waals surface area contributed by atoms with Gasteiger partial charge in [0.25, 0.3) is 0 Å². The lowest BCUT2D eigenvalue weighted by Gasteiger charge is -2.07. The Morgan fingerprint density at radius 1 is 1.33 bits per heavy atom. The van der Waals surface area contributed by atoms with Gasteiger partial charge in [0.05, 0.1) is 32.7 Å². The van der Waals surface area contributed by atoms with Crippen LogP contribution in [0.2, 0.25) is 4.34 Å². The van der Waals surface area contributed by atoms with Gasteiger partial charge in [-0.25, -0.2) is 8.89 Å². The fourth-order valence-corrected chi connectivity index (χ4v) is 4.22.